The lowest BCUT2D eigenvalue weighted by molar-refractivity contribution is 0.114. The number of rotatable bonds is 6. The molecule has 0 aliphatic carbocycles. The van der Waals surface area contributed by atoms with E-state index in [9.17, 15) is 0 Å². The van der Waals surface area contributed by atoms with E-state index in [1.54, 1.807) is 11.3 Å². The lowest BCUT2D eigenvalue weighted by atomic mass is 10.1. The van der Waals surface area contributed by atoms with Crippen molar-refractivity contribution in [2.45, 2.75) is 33.7 Å². The van der Waals surface area contributed by atoms with Gasteiger partial charge in [0.1, 0.15) is 5.01 Å². The van der Waals surface area contributed by atoms with Crippen LogP contribution in [0, 0.1) is 12.8 Å². The molecule has 0 spiro atoms. The molecule has 126 valence electrons. The molecule has 1 atom stereocenters. The molecule has 1 aliphatic heterocycles. The first-order valence-corrected chi connectivity index (χ1v) is 8.56. The normalized spacial score (nSPS) is 18.4. The van der Waals surface area contributed by atoms with E-state index in [4.69, 9.17) is 9.73 Å². The minimum Gasteiger partial charge on any atom is -0.381 e. The van der Waals surface area contributed by atoms with Crippen molar-refractivity contribution in [1.29, 1.82) is 0 Å². The van der Waals surface area contributed by atoms with Crippen LogP contribution < -0.4 is 5.32 Å². The second-order valence-electron chi connectivity index (χ2n) is 5.29. The van der Waals surface area contributed by atoms with E-state index in [2.05, 4.69) is 29.0 Å². The summed E-state index contributed by atoms with van der Waals surface area (Å²) >= 11 is 1.72. The highest BCUT2D eigenvalue weighted by Crippen LogP contribution is 2.17. The fraction of sp³-hybridized carbons (Fsp3) is 0.733. The zero-order chi connectivity index (χ0) is 15.1. The maximum absolute atomic E-state index is 5.54. The fourth-order valence-electron chi connectivity index (χ4n) is 2.49. The van der Waals surface area contributed by atoms with Crippen LogP contribution in [-0.2, 0) is 11.3 Å². The van der Waals surface area contributed by atoms with Gasteiger partial charge >= 0.3 is 0 Å². The molecule has 1 fully saturated rings. The minimum atomic E-state index is 0. The van der Waals surface area contributed by atoms with Gasteiger partial charge in [0.2, 0.25) is 0 Å². The topological polar surface area (TPSA) is 49.8 Å². The van der Waals surface area contributed by atoms with Gasteiger partial charge < -0.3 is 15.0 Å². The summed E-state index contributed by atoms with van der Waals surface area (Å²) in [5.74, 6) is 1.63. The number of hydrogen-bond donors (Lipinski definition) is 1. The molecule has 1 aliphatic rings. The summed E-state index contributed by atoms with van der Waals surface area (Å²) in [4.78, 5) is 12.7. The number of likely N-dealkylation sites (tertiary alicyclic amines) is 1. The summed E-state index contributed by atoms with van der Waals surface area (Å²) in [6, 6.07) is 0. The Kier molecular flexibility index (Phi) is 9.27. The third kappa shape index (κ3) is 6.00. The summed E-state index contributed by atoms with van der Waals surface area (Å²) in [5.41, 5.74) is 0. The van der Waals surface area contributed by atoms with E-state index < -0.39 is 0 Å². The molecule has 1 N–H and O–H groups in total. The molecule has 2 rings (SSSR count). The van der Waals surface area contributed by atoms with Crippen LogP contribution in [0.5, 0.6) is 0 Å². The molecule has 1 unspecified atom stereocenters. The number of ether oxygens (including phenoxy) is 1. The molecule has 2 heterocycles. The third-order valence-corrected chi connectivity index (χ3v) is 4.41. The zero-order valence-electron chi connectivity index (χ0n) is 13.7. The van der Waals surface area contributed by atoms with Crippen molar-refractivity contribution in [3.05, 3.63) is 16.1 Å². The van der Waals surface area contributed by atoms with E-state index in [-0.39, 0.29) is 24.0 Å². The van der Waals surface area contributed by atoms with Crippen LogP contribution >= 0.6 is 35.3 Å². The SMILES string of the molecule is CCNC(=NCc1ncc(C)s1)N1CCC(COCC)C1.I. The molecule has 1 aromatic heterocycles. The molecule has 0 saturated carbocycles. The lowest BCUT2D eigenvalue weighted by Crippen LogP contribution is -2.40. The van der Waals surface area contributed by atoms with Gasteiger partial charge in [0, 0.05) is 43.2 Å². The van der Waals surface area contributed by atoms with E-state index >= 15 is 0 Å². The van der Waals surface area contributed by atoms with Gasteiger partial charge in [0.25, 0.3) is 0 Å². The van der Waals surface area contributed by atoms with E-state index in [0.717, 1.165) is 43.8 Å². The summed E-state index contributed by atoms with van der Waals surface area (Å²) in [7, 11) is 0. The van der Waals surface area contributed by atoms with Crippen molar-refractivity contribution < 1.29 is 4.74 Å². The molecule has 22 heavy (non-hydrogen) atoms. The summed E-state index contributed by atoms with van der Waals surface area (Å²) in [6.07, 6.45) is 3.09. The number of guanidine groups is 1. The Bertz CT molecular complexity index is 466. The van der Waals surface area contributed by atoms with Crippen LogP contribution in [0.1, 0.15) is 30.2 Å². The van der Waals surface area contributed by atoms with Crippen LogP contribution in [0.3, 0.4) is 0 Å². The van der Waals surface area contributed by atoms with E-state index in [0.29, 0.717) is 12.5 Å². The lowest BCUT2D eigenvalue weighted by Gasteiger charge is -2.21. The smallest absolute Gasteiger partial charge is 0.194 e. The summed E-state index contributed by atoms with van der Waals surface area (Å²) in [6.45, 7) is 11.5. The molecule has 0 aromatic carbocycles. The standard InChI is InChI=1S/C15H26N4OS.HI/c1-4-16-15(18-9-14-17-8-12(3)21-14)19-7-6-13(10-19)11-20-5-2;/h8,13H,4-7,9-11H2,1-3H3,(H,16,18);1H. The highest BCUT2D eigenvalue weighted by atomic mass is 127. The molecule has 0 amide bonds. The van der Waals surface area contributed by atoms with Crippen molar-refractivity contribution in [2.75, 3.05) is 32.8 Å². The third-order valence-electron chi connectivity index (χ3n) is 3.51. The fourth-order valence-corrected chi connectivity index (χ4v) is 3.20. The maximum Gasteiger partial charge on any atom is 0.194 e. The van der Waals surface area contributed by atoms with Crippen LogP contribution in [0.15, 0.2) is 11.2 Å². The Morgan fingerprint density at radius 1 is 1.55 bits per heavy atom. The van der Waals surface area contributed by atoms with E-state index in [1.807, 2.05) is 13.1 Å². The predicted octanol–water partition coefficient (Wildman–Crippen LogP) is 2.89. The first-order valence-electron chi connectivity index (χ1n) is 7.75. The van der Waals surface area contributed by atoms with Crippen LogP contribution in [0.4, 0.5) is 0 Å². The largest absolute Gasteiger partial charge is 0.381 e. The van der Waals surface area contributed by atoms with Gasteiger partial charge in [-0.1, -0.05) is 0 Å². The zero-order valence-corrected chi connectivity index (χ0v) is 16.8. The highest BCUT2D eigenvalue weighted by Gasteiger charge is 2.24. The van der Waals surface area contributed by atoms with Gasteiger partial charge in [0.05, 0.1) is 13.2 Å². The Labute approximate surface area is 154 Å². The first kappa shape index (κ1) is 19.6. The van der Waals surface area contributed by atoms with Gasteiger partial charge in [-0.05, 0) is 27.2 Å². The number of thiazole rings is 1. The van der Waals surface area contributed by atoms with E-state index in [1.165, 1.54) is 11.3 Å². The van der Waals surface area contributed by atoms with Crippen molar-refractivity contribution in [2.24, 2.45) is 10.9 Å². The molecular weight excluding hydrogens is 411 g/mol. The van der Waals surface area contributed by atoms with Gasteiger partial charge in [-0.2, -0.15) is 0 Å². The Morgan fingerprint density at radius 3 is 3.00 bits per heavy atom. The monoisotopic (exact) mass is 438 g/mol. The number of aryl methyl sites for hydroxylation is 1. The van der Waals surface area contributed by atoms with Gasteiger partial charge in [-0.3, -0.25) is 0 Å². The molecule has 0 radical (unpaired) electrons. The average Bonchev–Trinajstić information content (AvgIpc) is 3.10. The highest BCUT2D eigenvalue weighted by molar-refractivity contribution is 14.0. The number of nitrogens with one attached hydrogen (secondary N) is 1. The van der Waals surface area contributed by atoms with Gasteiger partial charge in [0.15, 0.2) is 5.96 Å². The van der Waals surface area contributed by atoms with Gasteiger partial charge in [-0.25, -0.2) is 9.98 Å². The molecule has 5 nitrogen and oxygen atoms in total. The number of halogens is 1. The first-order chi connectivity index (χ1) is 10.2. The quantitative estimate of drug-likeness (QED) is 0.422. The molecular formula is C15H27IN4OS. The second kappa shape index (κ2) is 10.4. The number of aliphatic imine (C=N–C) groups is 1. The van der Waals surface area contributed by atoms with Crippen molar-refractivity contribution in [3.63, 3.8) is 0 Å². The predicted molar refractivity (Wildman–Crippen MR) is 103 cm³/mol. The van der Waals surface area contributed by atoms with Crippen LogP contribution in [0.25, 0.3) is 0 Å². The average molecular weight is 438 g/mol. The summed E-state index contributed by atoms with van der Waals surface area (Å²) in [5, 5.41) is 4.47. The Morgan fingerprint density at radius 2 is 2.36 bits per heavy atom. The maximum atomic E-state index is 5.54. The van der Waals surface area contributed by atoms with Crippen molar-refractivity contribution >= 4 is 41.3 Å². The van der Waals surface area contributed by atoms with Crippen molar-refractivity contribution in [3.8, 4) is 0 Å². The van der Waals surface area contributed by atoms with Gasteiger partial charge in [-0.15, -0.1) is 35.3 Å². The Hall–Kier alpha value is -0.410. The molecule has 1 saturated heterocycles. The Balaban J connectivity index is 0.00000242. The van der Waals surface area contributed by atoms with Crippen LogP contribution in [-0.4, -0.2) is 48.7 Å². The number of nitrogens with zero attached hydrogens (tertiary/aromatic N) is 3. The molecule has 7 heteroatoms. The summed E-state index contributed by atoms with van der Waals surface area (Å²) < 4.78 is 5.54. The minimum absolute atomic E-state index is 0. The van der Waals surface area contributed by atoms with Crippen LogP contribution in [0.2, 0.25) is 0 Å². The van der Waals surface area contributed by atoms with Crippen molar-refractivity contribution in [1.82, 2.24) is 15.2 Å². The molecule has 1 aromatic rings. The number of hydrogen-bond acceptors (Lipinski definition) is 4. The number of aromatic nitrogens is 1. The second-order valence-corrected chi connectivity index (χ2v) is 6.61. The molecule has 0 bridgehead atoms.